The van der Waals surface area contributed by atoms with Crippen molar-refractivity contribution in [2.45, 2.75) is 6.42 Å². The van der Waals surface area contributed by atoms with E-state index in [4.69, 9.17) is 4.42 Å². The molecule has 0 atom stereocenters. The van der Waals surface area contributed by atoms with Gasteiger partial charge in [-0.3, -0.25) is 0 Å². The monoisotopic (exact) mass is 360 g/mol. The number of benzene rings is 2. The van der Waals surface area contributed by atoms with Crippen LogP contribution in [0.3, 0.4) is 0 Å². The molecule has 0 bridgehead atoms. The first-order valence-electron chi connectivity index (χ1n) is 6.20. The van der Waals surface area contributed by atoms with Crippen LogP contribution in [0.2, 0.25) is 0 Å². The van der Waals surface area contributed by atoms with E-state index in [0.29, 0.717) is 0 Å². The van der Waals surface area contributed by atoms with Crippen LogP contribution in [0.4, 0.5) is 0 Å². The lowest BCUT2D eigenvalue weighted by molar-refractivity contribution is 0.532. The molecule has 0 spiro atoms. The Kier molecular flexibility index (Phi) is 3.69. The summed E-state index contributed by atoms with van der Waals surface area (Å²) >= 11 is 2.34. The van der Waals surface area contributed by atoms with Gasteiger partial charge in [0.1, 0.15) is 11.5 Å². The van der Waals surface area contributed by atoms with Crippen LogP contribution < -0.4 is 0 Å². The fraction of sp³-hybridized carbons (Fsp3) is 0.0588. The second-order valence-corrected chi connectivity index (χ2v) is 5.57. The summed E-state index contributed by atoms with van der Waals surface area (Å²) in [5.41, 5.74) is 2.40. The lowest BCUT2D eigenvalue weighted by atomic mass is 10.1. The van der Waals surface area contributed by atoms with Crippen LogP contribution in [0.25, 0.3) is 11.3 Å². The van der Waals surface area contributed by atoms with Crippen molar-refractivity contribution in [3.8, 4) is 11.3 Å². The molecule has 19 heavy (non-hydrogen) atoms. The zero-order valence-electron chi connectivity index (χ0n) is 10.3. The molecule has 0 saturated carbocycles. The summed E-state index contributed by atoms with van der Waals surface area (Å²) in [7, 11) is 0. The third-order valence-electron chi connectivity index (χ3n) is 3.02. The zero-order valence-corrected chi connectivity index (χ0v) is 12.5. The second kappa shape index (κ2) is 5.61. The number of halogens is 1. The normalized spacial score (nSPS) is 10.6. The lowest BCUT2D eigenvalue weighted by Gasteiger charge is -1.99. The quantitative estimate of drug-likeness (QED) is 0.590. The summed E-state index contributed by atoms with van der Waals surface area (Å²) in [6, 6.07) is 22.7. The van der Waals surface area contributed by atoms with Crippen LogP contribution in [0.15, 0.2) is 71.1 Å². The molecule has 0 unspecified atom stereocenters. The fourth-order valence-corrected chi connectivity index (χ4v) is 2.64. The van der Waals surface area contributed by atoms with Gasteiger partial charge >= 0.3 is 0 Å². The predicted molar refractivity (Wildman–Crippen MR) is 86.1 cm³/mol. The average molecular weight is 360 g/mol. The minimum atomic E-state index is 0.839. The van der Waals surface area contributed by atoms with E-state index in [-0.39, 0.29) is 0 Å². The van der Waals surface area contributed by atoms with Gasteiger partial charge in [0.15, 0.2) is 0 Å². The summed E-state index contributed by atoms with van der Waals surface area (Å²) in [6.45, 7) is 0. The van der Waals surface area contributed by atoms with Gasteiger partial charge in [0.2, 0.25) is 0 Å². The predicted octanol–water partition coefficient (Wildman–Crippen LogP) is 5.14. The molecule has 0 N–H and O–H groups in total. The van der Waals surface area contributed by atoms with Crippen molar-refractivity contribution < 1.29 is 4.42 Å². The first-order valence-corrected chi connectivity index (χ1v) is 7.28. The van der Waals surface area contributed by atoms with Crippen LogP contribution in [-0.2, 0) is 6.42 Å². The second-order valence-electron chi connectivity index (χ2n) is 4.41. The number of furan rings is 1. The Morgan fingerprint density at radius 2 is 1.47 bits per heavy atom. The van der Waals surface area contributed by atoms with Gasteiger partial charge in [-0.2, -0.15) is 0 Å². The van der Waals surface area contributed by atoms with Crippen molar-refractivity contribution in [2.24, 2.45) is 0 Å². The highest BCUT2D eigenvalue weighted by molar-refractivity contribution is 14.1. The third kappa shape index (κ3) is 2.89. The number of rotatable bonds is 3. The Labute approximate surface area is 126 Å². The molecule has 0 saturated heterocycles. The maximum atomic E-state index is 6.00. The van der Waals surface area contributed by atoms with Gasteiger partial charge in [-0.25, -0.2) is 0 Å². The molecular formula is C17H13IO. The third-order valence-corrected chi connectivity index (χ3v) is 3.94. The summed E-state index contributed by atoms with van der Waals surface area (Å²) in [6.07, 6.45) is 0.839. The highest BCUT2D eigenvalue weighted by Crippen LogP contribution is 2.28. The van der Waals surface area contributed by atoms with Gasteiger partial charge in [-0.05, 0) is 34.2 Å². The smallest absolute Gasteiger partial charge is 0.135 e. The molecule has 3 rings (SSSR count). The molecule has 3 aromatic rings. The largest absolute Gasteiger partial charge is 0.460 e. The number of hydrogen-bond donors (Lipinski definition) is 0. The van der Waals surface area contributed by atoms with Crippen molar-refractivity contribution in [3.05, 3.63) is 81.6 Å². The van der Waals surface area contributed by atoms with Crippen molar-refractivity contribution in [2.75, 3.05) is 0 Å². The van der Waals surface area contributed by atoms with Gasteiger partial charge in [0.05, 0.1) is 3.57 Å². The van der Waals surface area contributed by atoms with Gasteiger partial charge in [0, 0.05) is 12.0 Å². The van der Waals surface area contributed by atoms with Crippen molar-refractivity contribution in [3.63, 3.8) is 0 Å². The Hall–Kier alpha value is -1.55. The highest BCUT2D eigenvalue weighted by atomic mass is 127. The van der Waals surface area contributed by atoms with E-state index < -0.39 is 0 Å². The molecule has 0 radical (unpaired) electrons. The standard InChI is InChI=1S/C17H13IO/c18-15-12-16(14-9-5-2-6-10-14)19-17(15)11-13-7-3-1-4-8-13/h1-10,12H,11H2. The van der Waals surface area contributed by atoms with Crippen molar-refractivity contribution in [1.29, 1.82) is 0 Å². The summed E-state index contributed by atoms with van der Waals surface area (Å²) in [5, 5.41) is 0. The summed E-state index contributed by atoms with van der Waals surface area (Å²) in [4.78, 5) is 0. The van der Waals surface area contributed by atoms with Crippen molar-refractivity contribution in [1.82, 2.24) is 0 Å². The molecule has 1 heterocycles. The molecule has 94 valence electrons. The first-order chi connectivity index (χ1) is 9.33. The van der Waals surface area contributed by atoms with E-state index >= 15 is 0 Å². The van der Waals surface area contributed by atoms with Crippen LogP contribution >= 0.6 is 22.6 Å². The van der Waals surface area contributed by atoms with Gasteiger partial charge in [-0.15, -0.1) is 0 Å². The summed E-state index contributed by atoms with van der Waals surface area (Å²) in [5.74, 6) is 1.97. The van der Waals surface area contributed by atoms with E-state index in [1.807, 2.05) is 24.3 Å². The Balaban J connectivity index is 1.90. The minimum absolute atomic E-state index is 0.839. The molecule has 1 nitrogen and oxygen atoms in total. The zero-order chi connectivity index (χ0) is 13.1. The average Bonchev–Trinajstić information content (AvgIpc) is 2.82. The van der Waals surface area contributed by atoms with E-state index in [9.17, 15) is 0 Å². The molecule has 2 heteroatoms. The molecule has 0 fully saturated rings. The molecule has 0 aliphatic heterocycles. The van der Waals surface area contributed by atoms with E-state index in [0.717, 1.165) is 23.5 Å². The minimum Gasteiger partial charge on any atom is -0.460 e. The molecule has 1 aromatic heterocycles. The van der Waals surface area contributed by atoms with Gasteiger partial charge in [-0.1, -0.05) is 60.7 Å². The Morgan fingerprint density at radius 3 is 2.16 bits per heavy atom. The maximum Gasteiger partial charge on any atom is 0.135 e. The SMILES string of the molecule is Ic1cc(-c2ccccc2)oc1Cc1ccccc1. The van der Waals surface area contributed by atoms with Gasteiger partial charge < -0.3 is 4.42 Å². The van der Waals surface area contributed by atoms with Crippen molar-refractivity contribution >= 4 is 22.6 Å². The number of hydrogen-bond acceptors (Lipinski definition) is 1. The fourth-order valence-electron chi connectivity index (χ4n) is 2.05. The van der Waals surface area contributed by atoms with Crippen LogP contribution in [-0.4, -0.2) is 0 Å². The van der Waals surface area contributed by atoms with Crippen LogP contribution in [0, 0.1) is 3.57 Å². The first kappa shape index (κ1) is 12.5. The Morgan fingerprint density at radius 1 is 0.842 bits per heavy atom. The molecule has 2 aromatic carbocycles. The van der Waals surface area contributed by atoms with E-state index in [1.54, 1.807) is 0 Å². The maximum absolute atomic E-state index is 6.00. The molecular weight excluding hydrogens is 347 g/mol. The Bertz CT molecular complexity index is 656. The van der Waals surface area contributed by atoms with E-state index in [1.165, 1.54) is 9.13 Å². The molecule has 0 aliphatic carbocycles. The highest BCUT2D eigenvalue weighted by Gasteiger charge is 2.10. The van der Waals surface area contributed by atoms with E-state index in [2.05, 4.69) is 65.1 Å². The van der Waals surface area contributed by atoms with Gasteiger partial charge in [0.25, 0.3) is 0 Å². The van der Waals surface area contributed by atoms with Crippen LogP contribution in [0.5, 0.6) is 0 Å². The molecule has 0 amide bonds. The topological polar surface area (TPSA) is 13.1 Å². The lowest BCUT2D eigenvalue weighted by Crippen LogP contribution is -1.86. The summed E-state index contributed by atoms with van der Waals surface area (Å²) < 4.78 is 7.18. The molecule has 0 aliphatic rings. The van der Waals surface area contributed by atoms with Crippen LogP contribution in [0.1, 0.15) is 11.3 Å².